The van der Waals surface area contributed by atoms with Crippen molar-refractivity contribution in [3.05, 3.63) is 72.9 Å². The highest BCUT2D eigenvalue weighted by molar-refractivity contribution is 5.95. The maximum Gasteiger partial charge on any atom is 0.573 e. The van der Waals surface area contributed by atoms with E-state index in [4.69, 9.17) is 0 Å². The number of nitrogens with zero attached hydrogens (tertiary/aromatic N) is 4. The Morgan fingerprint density at radius 2 is 2.00 bits per heavy atom. The van der Waals surface area contributed by atoms with Gasteiger partial charge in [-0.1, -0.05) is 38.6 Å². The lowest BCUT2D eigenvalue weighted by Gasteiger charge is -2.17. The van der Waals surface area contributed by atoms with Crippen LogP contribution in [0.2, 0.25) is 0 Å². The Morgan fingerprint density at radius 1 is 1.25 bits per heavy atom. The molecule has 2 aromatic rings. The molecule has 0 unspecified atom stereocenters. The maximum atomic E-state index is 12.6. The highest BCUT2D eigenvalue weighted by Gasteiger charge is 2.30. The van der Waals surface area contributed by atoms with E-state index >= 15 is 0 Å². The summed E-state index contributed by atoms with van der Waals surface area (Å²) in [5.74, 6) is -0.256. The third-order valence-electron chi connectivity index (χ3n) is 4.12. The fraction of sp³-hybridized carbons (Fsp3) is 0.273. The highest BCUT2D eigenvalue weighted by Crippen LogP contribution is 2.21. The number of aromatic nitrogens is 3. The number of allylic oxidation sites excluding steroid dienone is 2. The molecule has 0 bridgehead atoms. The fourth-order valence-corrected chi connectivity index (χ4v) is 2.57. The quantitative estimate of drug-likeness (QED) is 0.410. The van der Waals surface area contributed by atoms with Gasteiger partial charge < -0.3 is 15.0 Å². The predicted molar refractivity (Wildman–Crippen MR) is 115 cm³/mol. The molecular formula is C22H24F3N5O2. The molecule has 10 heteroatoms. The monoisotopic (exact) mass is 447 g/mol. The molecule has 0 aliphatic rings. The van der Waals surface area contributed by atoms with Crippen molar-refractivity contribution in [2.45, 2.75) is 26.1 Å². The number of alkyl halides is 3. The molecule has 0 radical (unpaired) electrons. The number of benzene rings is 1. The number of anilines is 1. The number of halogens is 3. The van der Waals surface area contributed by atoms with E-state index < -0.39 is 12.1 Å². The average Bonchev–Trinajstić information content (AvgIpc) is 2.74. The summed E-state index contributed by atoms with van der Waals surface area (Å²) in [5.41, 5.74) is 1.32. The molecule has 0 fully saturated rings. The van der Waals surface area contributed by atoms with Crippen LogP contribution in [-0.4, -0.2) is 45.7 Å². The van der Waals surface area contributed by atoms with E-state index in [1.165, 1.54) is 12.4 Å². The van der Waals surface area contributed by atoms with Crippen molar-refractivity contribution in [2.75, 3.05) is 18.9 Å². The van der Waals surface area contributed by atoms with Gasteiger partial charge in [0.05, 0.1) is 0 Å². The van der Waals surface area contributed by atoms with Gasteiger partial charge in [0.2, 0.25) is 5.95 Å². The van der Waals surface area contributed by atoms with E-state index in [-0.39, 0.29) is 17.6 Å². The third kappa shape index (κ3) is 7.86. The summed E-state index contributed by atoms with van der Waals surface area (Å²) in [6, 6.07) is 6.91. The topological polar surface area (TPSA) is 80.2 Å². The van der Waals surface area contributed by atoms with E-state index in [1.807, 2.05) is 0 Å². The van der Waals surface area contributed by atoms with E-state index in [0.29, 0.717) is 23.5 Å². The summed E-state index contributed by atoms with van der Waals surface area (Å²) in [7, 11) is 1.75. The minimum atomic E-state index is -4.82. The summed E-state index contributed by atoms with van der Waals surface area (Å²) >= 11 is 0. The molecule has 0 saturated carbocycles. The minimum absolute atomic E-state index is 0.104. The van der Waals surface area contributed by atoms with Crippen molar-refractivity contribution in [2.24, 2.45) is 0 Å². The number of amides is 1. The van der Waals surface area contributed by atoms with E-state index in [2.05, 4.69) is 45.1 Å². The van der Waals surface area contributed by atoms with Gasteiger partial charge in [-0.25, -0.2) is 9.97 Å². The first-order valence-corrected chi connectivity index (χ1v) is 9.72. The van der Waals surface area contributed by atoms with Crippen molar-refractivity contribution in [3.63, 3.8) is 0 Å². The highest BCUT2D eigenvalue weighted by atomic mass is 19.4. The van der Waals surface area contributed by atoms with Gasteiger partial charge in [-0.15, -0.1) is 13.2 Å². The number of hydrogen-bond acceptors (Lipinski definition) is 6. The molecule has 0 spiro atoms. The zero-order chi connectivity index (χ0) is 23.7. The van der Waals surface area contributed by atoms with Crippen LogP contribution in [0, 0.1) is 0 Å². The predicted octanol–water partition coefficient (Wildman–Crippen LogP) is 4.94. The number of hydrogen-bond donors (Lipinski definition) is 1. The van der Waals surface area contributed by atoms with Crippen LogP contribution in [-0.2, 0) is 4.74 Å². The number of ether oxygens (including phenoxy) is 1. The molecule has 1 heterocycles. The van der Waals surface area contributed by atoms with Gasteiger partial charge in [-0.3, -0.25) is 4.79 Å². The number of carbonyl (C=O) groups is 1. The van der Waals surface area contributed by atoms with Crippen LogP contribution in [0.3, 0.4) is 0 Å². The molecule has 1 amide bonds. The summed E-state index contributed by atoms with van der Waals surface area (Å²) in [6.45, 7) is 9.55. The maximum absolute atomic E-state index is 12.6. The first-order chi connectivity index (χ1) is 15.1. The van der Waals surface area contributed by atoms with Crippen LogP contribution in [0.25, 0.3) is 11.4 Å². The van der Waals surface area contributed by atoms with Gasteiger partial charge in [-0.2, -0.15) is 4.98 Å². The molecule has 0 saturated heterocycles. The Bertz CT molecular complexity index is 1010. The molecule has 0 atom stereocenters. The molecule has 0 aliphatic carbocycles. The van der Waals surface area contributed by atoms with Gasteiger partial charge in [0, 0.05) is 30.4 Å². The van der Waals surface area contributed by atoms with Gasteiger partial charge in [0.25, 0.3) is 5.91 Å². The average molecular weight is 447 g/mol. The minimum Gasteiger partial charge on any atom is -0.406 e. The smallest absolute Gasteiger partial charge is 0.406 e. The largest absolute Gasteiger partial charge is 0.573 e. The Kier molecular flexibility index (Phi) is 8.51. The van der Waals surface area contributed by atoms with Crippen molar-refractivity contribution < 1.29 is 22.7 Å². The lowest BCUT2D eigenvalue weighted by atomic mass is 10.1. The molecular weight excluding hydrogens is 423 g/mol. The van der Waals surface area contributed by atoms with Crippen LogP contribution >= 0.6 is 0 Å². The van der Waals surface area contributed by atoms with Crippen LogP contribution in [0.15, 0.2) is 67.4 Å². The van der Waals surface area contributed by atoms with Crippen molar-refractivity contribution >= 4 is 11.9 Å². The number of unbranched alkanes of at least 4 members (excludes halogenated alkanes) is 1. The molecule has 7 nitrogen and oxygen atoms in total. The summed E-state index contributed by atoms with van der Waals surface area (Å²) in [4.78, 5) is 26.7. The second-order valence-corrected chi connectivity index (χ2v) is 6.79. The molecule has 32 heavy (non-hydrogen) atoms. The van der Waals surface area contributed by atoms with Crippen LogP contribution in [0.5, 0.6) is 0 Å². The van der Waals surface area contributed by atoms with Crippen LogP contribution in [0.1, 0.15) is 30.1 Å². The van der Waals surface area contributed by atoms with Crippen molar-refractivity contribution in [1.82, 2.24) is 19.9 Å². The Balaban J connectivity index is 2.10. The number of rotatable bonds is 10. The van der Waals surface area contributed by atoms with Gasteiger partial charge >= 0.3 is 6.36 Å². The Labute approximate surface area is 184 Å². The summed E-state index contributed by atoms with van der Waals surface area (Å²) < 4.78 is 40.1. The van der Waals surface area contributed by atoms with E-state index in [1.54, 1.807) is 36.2 Å². The number of carbonyl (C=O) groups excluding carboxylic acids is 1. The first-order valence-electron chi connectivity index (χ1n) is 9.72. The van der Waals surface area contributed by atoms with Gasteiger partial charge in [-0.05, 0) is 30.7 Å². The van der Waals surface area contributed by atoms with Crippen LogP contribution in [0.4, 0.5) is 19.1 Å². The van der Waals surface area contributed by atoms with E-state index in [9.17, 15) is 18.0 Å². The molecule has 1 N–H and O–H groups in total. The van der Waals surface area contributed by atoms with Crippen LogP contribution < -0.4 is 5.32 Å². The van der Waals surface area contributed by atoms with E-state index in [0.717, 1.165) is 18.9 Å². The standard InChI is InChI=1S/C22H24F3N5O2/c1-5-6-12-30(4)20(31)18-9-7-8-17(13-18)19-26-14-27-21(29-19)28-15(2)10-11-16(3)32-22(23,24)25/h7-11,13-14H,2-3,5-6,12H2,1,4H3,(H,26,27,28,29)/b11-10-. The van der Waals surface area contributed by atoms with Crippen molar-refractivity contribution in [1.29, 1.82) is 0 Å². The number of nitrogens with one attached hydrogen (secondary N) is 1. The van der Waals surface area contributed by atoms with Crippen molar-refractivity contribution in [3.8, 4) is 11.4 Å². The SMILES string of the molecule is C=C(/C=C\C(=C)OC(F)(F)F)Nc1ncnc(-c2cccc(C(=O)N(C)CCCC)c2)n1. The normalized spacial score (nSPS) is 11.3. The zero-order valence-corrected chi connectivity index (χ0v) is 17.8. The Hall–Kier alpha value is -3.69. The summed E-state index contributed by atoms with van der Waals surface area (Å²) in [5, 5.41) is 2.75. The van der Waals surface area contributed by atoms with Gasteiger partial charge in [0.15, 0.2) is 5.82 Å². The fourth-order valence-electron chi connectivity index (χ4n) is 2.57. The molecule has 2 rings (SSSR count). The summed E-state index contributed by atoms with van der Waals surface area (Å²) in [6.07, 6.45) is 0.605. The molecule has 1 aromatic heterocycles. The second kappa shape index (κ2) is 11.1. The zero-order valence-electron chi connectivity index (χ0n) is 17.8. The Morgan fingerprint density at radius 3 is 2.69 bits per heavy atom. The lowest BCUT2D eigenvalue weighted by molar-refractivity contribution is -0.303. The third-order valence-corrected chi connectivity index (χ3v) is 4.12. The molecule has 170 valence electrons. The second-order valence-electron chi connectivity index (χ2n) is 6.79. The lowest BCUT2D eigenvalue weighted by Crippen LogP contribution is -2.27. The van der Waals surface area contributed by atoms with Gasteiger partial charge in [0.1, 0.15) is 12.1 Å². The molecule has 1 aromatic carbocycles. The first kappa shape index (κ1) is 24.6. The molecule has 0 aliphatic heterocycles.